The first-order valence-electron chi connectivity index (χ1n) is 6.82. The number of nitrogens with zero attached hydrogens (tertiary/aromatic N) is 3. The van der Waals surface area contributed by atoms with Crippen molar-refractivity contribution in [2.75, 3.05) is 12.4 Å². The lowest BCUT2D eigenvalue weighted by molar-refractivity contribution is 0.387. The summed E-state index contributed by atoms with van der Waals surface area (Å²) in [5.41, 5.74) is 1.62. The van der Waals surface area contributed by atoms with Gasteiger partial charge in [-0.15, -0.1) is 0 Å². The quantitative estimate of drug-likeness (QED) is 0.802. The van der Waals surface area contributed by atoms with Crippen molar-refractivity contribution in [1.82, 2.24) is 15.0 Å². The van der Waals surface area contributed by atoms with E-state index in [0.717, 1.165) is 10.9 Å². The summed E-state index contributed by atoms with van der Waals surface area (Å²) in [5.74, 6) is 0.965. The fourth-order valence-electron chi connectivity index (χ4n) is 2.22. The van der Waals surface area contributed by atoms with Crippen LogP contribution in [0.5, 0.6) is 5.75 Å². The molecule has 0 radical (unpaired) electrons. The number of nitrogens with one attached hydrogen (secondary N) is 1. The molecule has 0 saturated carbocycles. The van der Waals surface area contributed by atoms with Gasteiger partial charge in [0.2, 0.25) is 0 Å². The SMILES string of the molecule is COc1cc2c(NCc3ccncc3)nc(C)nc2cc1F. The van der Waals surface area contributed by atoms with Gasteiger partial charge in [0.1, 0.15) is 11.6 Å². The Morgan fingerprint density at radius 3 is 2.68 bits per heavy atom. The molecule has 0 amide bonds. The van der Waals surface area contributed by atoms with Crippen LogP contribution in [0.2, 0.25) is 0 Å². The van der Waals surface area contributed by atoms with Crippen LogP contribution in [0.25, 0.3) is 10.9 Å². The summed E-state index contributed by atoms with van der Waals surface area (Å²) >= 11 is 0. The summed E-state index contributed by atoms with van der Waals surface area (Å²) in [7, 11) is 1.43. The van der Waals surface area contributed by atoms with Gasteiger partial charge in [-0.1, -0.05) is 0 Å². The maximum absolute atomic E-state index is 13.8. The van der Waals surface area contributed by atoms with Crippen LogP contribution in [-0.4, -0.2) is 22.1 Å². The van der Waals surface area contributed by atoms with E-state index in [9.17, 15) is 4.39 Å². The number of hydrogen-bond donors (Lipinski definition) is 1. The second-order valence-electron chi connectivity index (χ2n) is 4.83. The van der Waals surface area contributed by atoms with Crippen LogP contribution in [0.1, 0.15) is 11.4 Å². The molecule has 112 valence electrons. The molecule has 0 atom stereocenters. The molecule has 6 heteroatoms. The van der Waals surface area contributed by atoms with Gasteiger partial charge in [0, 0.05) is 30.4 Å². The topological polar surface area (TPSA) is 59.9 Å². The lowest BCUT2D eigenvalue weighted by Crippen LogP contribution is -2.05. The molecule has 0 spiro atoms. The molecule has 1 N–H and O–H groups in total. The third kappa shape index (κ3) is 2.81. The first-order chi connectivity index (χ1) is 10.7. The summed E-state index contributed by atoms with van der Waals surface area (Å²) in [5, 5.41) is 3.98. The van der Waals surface area contributed by atoms with Crippen molar-refractivity contribution in [1.29, 1.82) is 0 Å². The molecule has 2 heterocycles. The Morgan fingerprint density at radius 1 is 1.18 bits per heavy atom. The summed E-state index contributed by atoms with van der Waals surface area (Å²) < 4.78 is 18.9. The molecule has 0 bridgehead atoms. The van der Waals surface area contributed by atoms with Gasteiger partial charge in [0.25, 0.3) is 0 Å². The maximum Gasteiger partial charge on any atom is 0.167 e. The van der Waals surface area contributed by atoms with E-state index in [4.69, 9.17) is 4.74 Å². The largest absolute Gasteiger partial charge is 0.494 e. The number of aryl methyl sites for hydroxylation is 1. The van der Waals surface area contributed by atoms with Crippen LogP contribution in [0, 0.1) is 12.7 Å². The lowest BCUT2D eigenvalue weighted by atomic mass is 10.2. The van der Waals surface area contributed by atoms with Crippen molar-refractivity contribution >= 4 is 16.7 Å². The molecule has 5 nitrogen and oxygen atoms in total. The Bertz CT molecular complexity index is 808. The standard InChI is InChI=1S/C16H15FN4O/c1-10-20-14-8-13(17)15(22-2)7-12(14)16(21-10)19-9-11-3-5-18-6-4-11/h3-8H,9H2,1-2H3,(H,19,20,21). The maximum atomic E-state index is 13.8. The molecule has 0 aliphatic rings. The first-order valence-corrected chi connectivity index (χ1v) is 6.82. The lowest BCUT2D eigenvalue weighted by Gasteiger charge is -2.11. The Kier molecular flexibility index (Phi) is 3.82. The molecule has 1 aromatic carbocycles. The van der Waals surface area contributed by atoms with Crippen LogP contribution >= 0.6 is 0 Å². The van der Waals surface area contributed by atoms with Gasteiger partial charge in [-0.05, 0) is 30.7 Å². The number of halogens is 1. The molecule has 22 heavy (non-hydrogen) atoms. The van der Waals surface area contributed by atoms with E-state index in [1.54, 1.807) is 25.4 Å². The molecule has 3 aromatic rings. The number of methoxy groups -OCH3 is 1. The zero-order valence-electron chi connectivity index (χ0n) is 12.3. The average molecular weight is 298 g/mol. The third-order valence-electron chi connectivity index (χ3n) is 3.29. The molecule has 0 unspecified atom stereocenters. The van der Waals surface area contributed by atoms with Crippen LogP contribution < -0.4 is 10.1 Å². The molecule has 3 rings (SSSR count). The number of hydrogen-bond acceptors (Lipinski definition) is 5. The van der Waals surface area contributed by atoms with Gasteiger partial charge in [-0.25, -0.2) is 14.4 Å². The molecule has 0 aliphatic carbocycles. The zero-order chi connectivity index (χ0) is 15.5. The summed E-state index contributed by atoms with van der Waals surface area (Å²) in [6.07, 6.45) is 3.47. The van der Waals surface area contributed by atoms with Gasteiger partial charge >= 0.3 is 0 Å². The third-order valence-corrected chi connectivity index (χ3v) is 3.29. The summed E-state index contributed by atoms with van der Waals surface area (Å²) in [6, 6.07) is 6.81. The number of rotatable bonds is 4. The highest BCUT2D eigenvalue weighted by molar-refractivity contribution is 5.90. The molecular weight excluding hydrogens is 283 g/mol. The fourth-order valence-corrected chi connectivity index (χ4v) is 2.22. The van der Waals surface area contributed by atoms with Gasteiger partial charge in [-0.3, -0.25) is 4.98 Å². The van der Waals surface area contributed by atoms with Crippen LogP contribution in [0.4, 0.5) is 10.2 Å². The number of fused-ring (bicyclic) bond motifs is 1. The molecule has 0 aliphatic heterocycles. The van der Waals surface area contributed by atoms with Gasteiger partial charge in [0.15, 0.2) is 11.6 Å². The Labute approximate surface area is 127 Å². The molecule has 0 saturated heterocycles. The zero-order valence-corrected chi connectivity index (χ0v) is 12.3. The predicted octanol–water partition coefficient (Wildman–Crippen LogP) is 3.09. The number of pyridine rings is 1. The fraction of sp³-hybridized carbons (Fsp3) is 0.188. The van der Waals surface area contributed by atoms with Gasteiger partial charge in [-0.2, -0.15) is 0 Å². The minimum atomic E-state index is -0.437. The highest BCUT2D eigenvalue weighted by Gasteiger charge is 2.11. The van der Waals surface area contributed by atoms with Crippen molar-refractivity contribution in [2.24, 2.45) is 0 Å². The Balaban J connectivity index is 2.00. The second-order valence-corrected chi connectivity index (χ2v) is 4.83. The van der Waals surface area contributed by atoms with Crippen molar-refractivity contribution in [3.63, 3.8) is 0 Å². The molecular formula is C16H15FN4O. The smallest absolute Gasteiger partial charge is 0.167 e. The summed E-state index contributed by atoms with van der Waals surface area (Å²) in [4.78, 5) is 12.7. The van der Waals surface area contributed by atoms with Crippen molar-refractivity contribution in [3.05, 3.63) is 53.9 Å². The number of ether oxygens (including phenoxy) is 1. The minimum Gasteiger partial charge on any atom is -0.494 e. The van der Waals surface area contributed by atoms with E-state index in [1.165, 1.54) is 13.2 Å². The normalized spacial score (nSPS) is 10.7. The highest BCUT2D eigenvalue weighted by atomic mass is 19.1. The van der Waals surface area contributed by atoms with Crippen LogP contribution in [-0.2, 0) is 6.54 Å². The van der Waals surface area contributed by atoms with Gasteiger partial charge in [0.05, 0.1) is 12.6 Å². The molecule has 2 aromatic heterocycles. The van der Waals surface area contributed by atoms with E-state index in [-0.39, 0.29) is 5.75 Å². The van der Waals surface area contributed by atoms with Crippen molar-refractivity contribution < 1.29 is 9.13 Å². The monoisotopic (exact) mass is 298 g/mol. The Morgan fingerprint density at radius 2 is 1.95 bits per heavy atom. The molecule has 0 fully saturated rings. The van der Waals surface area contributed by atoms with Crippen molar-refractivity contribution in [3.8, 4) is 5.75 Å². The van der Waals surface area contributed by atoms with Gasteiger partial charge < -0.3 is 10.1 Å². The van der Waals surface area contributed by atoms with Crippen molar-refractivity contribution in [2.45, 2.75) is 13.5 Å². The first kappa shape index (κ1) is 14.2. The number of aromatic nitrogens is 3. The minimum absolute atomic E-state index is 0.173. The van der Waals surface area contributed by atoms with E-state index in [2.05, 4.69) is 20.3 Å². The van der Waals surface area contributed by atoms with Crippen LogP contribution in [0.15, 0.2) is 36.7 Å². The highest BCUT2D eigenvalue weighted by Crippen LogP contribution is 2.28. The van der Waals surface area contributed by atoms with E-state index < -0.39 is 5.82 Å². The number of benzene rings is 1. The summed E-state index contributed by atoms with van der Waals surface area (Å²) in [6.45, 7) is 2.37. The average Bonchev–Trinajstić information content (AvgIpc) is 2.53. The number of anilines is 1. The predicted molar refractivity (Wildman–Crippen MR) is 82.3 cm³/mol. The van der Waals surface area contributed by atoms with Crippen LogP contribution in [0.3, 0.4) is 0 Å². The van der Waals surface area contributed by atoms with E-state index >= 15 is 0 Å². The second kappa shape index (κ2) is 5.93. The van der Waals surface area contributed by atoms with E-state index in [1.807, 2.05) is 12.1 Å². The Hall–Kier alpha value is -2.76. The van der Waals surface area contributed by atoms with E-state index in [0.29, 0.717) is 23.7 Å².